The molecule has 1 aromatic carbocycles. The SMILES string of the molecule is c1ccc(CCN2CCC(NC3CCOCC3)C2)cc1. The van der Waals surface area contributed by atoms with Crippen molar-refractivity contribution in [2.75, 3.05) is 32.8 Å². The minimum absolute atomic E-state index is 0.683. The second kappa shape index (κ2) is 7.21. The molecule has 2 saturated heterocycles. The van der Waals surface area contributed by atoms with E-state index >= 15 is 0 Å². The van der Waals surface area contributed by atoms with Gasteiger partial charge in [0.15, 0.2) is 0 Å². The number of hydrogen-bond acceptors (Lipinski definition) is 3. The lowest BCUT2D eigenvalue weighted by Gasteiger charge is -2.26. The van der Waals surface area contributed by atoms with Crippen molar-refractivity contribution >= 4 is 0 Å². The summed E-state index contributed by atoms with van der Waals surface area (Å²) in [7, 11) is 0. The highest BCUT2D eigenvalue weighted by molar-refractivity contribution is 5.14. The number of ether oxygens (including phenoxy) is 1. The zero-order chi connectivity index (χ0) is 13.6. The lowest BCUT2D eigenvalue weighted by atomic mass is 10.1. The van der Waals surface area contributed by atoms with E-state index in [4.69, 9.17) is 4.74 Å². The van der Waals surface area contributed by atoms with Gasteiger partial charge in [0.2, 0.25) is 0 Å². The molecule has 2 fully saturated rings. The Bertz CT molecular complexity index is 389. The lowest BCUT2D eigenvalue weighted by molar-refractivity contribution is 0.0751. The van der Waals surface area contributed by atoms with Gasteiger partial charge in [-0.3, -0.25) is 0 Å². The zero-order valence-corrected chi connectivity index (χ0v) is 12.3. The molecule has 0 aliphatic carbocycles. The van der Waals surface area contributed by atoms with Crippen molar-refractivity contribution < 1.29 is 4.74 Å². The molecule has 0 amide bonds. The number of likely N-dealkylation sites (tertiary alicyclic amines) is 1. The molecule has 1 aromatic rings. The first-order chi connectivity index (χ1) is 9.90. The smallest absolute Gasteiger partial charge is 0.0480 e. The summed E-state index contributed by atoms with van der Waals surface area (Å²) < 4.78 is 5.42. The maximum Gasteiger partial charge on any atom is 0.0480 e. The van der Waals surface area contributed by atoms with Crippen LogP contribution in [0.2, 0.25) is 0 Å². The van der Waals surface area contributed by atoms with Gasteiger partial charge in [-0.1, -0.05) is 30.3 Å². The molecular weight excluding hydrogens is 248 g/mol. The van der Waals surface area contributed by atoms with Crippen LogP contribution in [0.15, 0.2) is 30.3 Å². The lowest BCUT2D eigenvalue weighted by Crippen LogP contribution is -2.43. The van der Waals surface area contributed by atoms with Gasteiger partial charge >= 0.3 is 0 Å². The third kappa shape index (κ3) is 4.05. The number of hydrogen-bond donors (Lipinski definition) is 1. The molecule has 0 spiro atoms. The second-order valence-corrected chi connectivity index (χ2v) is 6.08. The van der Waals surface area contributed by atoms with E-state index < -0.39 is 0 Å². The molecule has 2 aliphatic heterocycles. The monoisotopic (exact) mass is 274 g/mol. The average molecular weight is 274 g/mol. The number of rotatable bonds is 5. The molecule has 0 saturated carbocycles. The van der Waals surface area contributed by atoms with Gasteiger partial charge in [-0.15, -0.1) is 0 Å². The van der Waals surface area contributed by atoms with Crippen molar-refractivity contribution in [3.8, 4) is 0 Å². The highest BCUT2D eigenvalue weighted by atomic mass is 16.5. The first-order valence-corrected chi connectivity index (χ1v) is 8.00. The molecule has 20 heavy (non-hydrogen) atoms. The number of benzene rings is 1. The maximum atomic E-state index is 5.42. The van der Waals surface area contributed by atoms with Crippen LogP contribution in [0.5, 0.6) is 0 Å². The van der Waals surface area contributed by atoms with Crippen LogP contribution in [0.1, 0.15) is 24.8 Å². The van der Waals surface area contributed by atoms with Crippen LogP contribution in [0.4, 0.5) is 0 Å². The van der Waals surface area contributed by atoms with Gasteiger partial charge in [0, 0.05) is 38.4 Å². The van der Waals surface area contributed by atoms with Gasteiger partial charge in [-0.25, -0.2) is 0 Å². The van der Waals surface area contributed by atoms with E-state index in [2.05, 4.69) is 40.5 Å². The van der Waals surface area contributed by atoms with E-state index in [1.165, 1.54) is 50.9 Å². The van der Waals surface area contributed by atoms with Gasteiger partial charge in [0.05, 0.1) is 0 Å². The Labute approximate surface area is 122 Å². The van der Waals surface area contributed by atoms with E-state index in [9.17, 15) is 0 Å². The number of nitrogens with one attached hydrogen (secondary N) is 1. The molecular formula is C17H26N2O. The highest BCUT2D eigenvalue weighted by Crippen LogP contribution is 2.14. The van der Waals surface area contributed by atoms with Crippen LogP contribution in [0, 0.1) is 0 Å². The molecule has 2 aliphatic rings. The fraction of sp³-hybridized carbons (Fsp3) is 0.647. The second-order valence-electron chi connectivity index (χ2n) is 6.08. The molecule has 3 rings (SSSR count). The molecule has 2 heterocycles. The average Bonchev–Trinajstić information content (AvgIpc) is 2.95. The summed E-state index contributed by atoms with van der Waals surface area (Å²) in [6.07, 6.45) is 4.83. The molecule has 3 heteroatoms. The van der Waals surface area contributed by atoms with Crippen molar-refractivity contribution in [1.82, 2.24) is 10.2 Å². The summed E-state index contributed by atoms with van der Waals surface area (Å²) in [5, 5.41) is 3.82. The Morgan fingerprint density at radius 1 is 1.05 bits per heavy atom. The molecule has 110 valence electrons. The van der Waals surface area contributed by atoms with E-state index in [1.807, 2.05) is 0 Å². The molecule has 0 aromatic heterocycles. The zero-order valence-electron chi connectivity index (χ0n) is 12.3. The fourth-order valence-corrected chi connectivity index (χ4v) is 3.30. The fourth-order valence-electron chi connectivity index (χ4n) is 3.30. The van der Waals surface area contributed by atoms with Crippen molar-refractivity contribution in [1.29, 1.82) is 0 Å². The van der Waals surface area contributed by atoms with Gasteiger partial charge in [0.1, 0.15) is 0 Å². The molecule has 0 radical (unpaired) electrons. The van der Waals surface area contributed by atoms with Gasteiger partial charge in [-0.05, 0) is 37.8 Å². The summed E-state index contributed by atoms with van der Waals surface area (Å²) >= 11 is 0. The Kier molecular flexibility index (Phi) is 5.06. The maximum absolute atomic E-state index is 5.42. The largest absolute Gasteiger partial charge is 0.381 e. The minimum Gasteiger partial charge on any atom is -0.381 e. The predicted molar refractivity (Wildman–Crippen MR) is 82.0 cm³/mol. The summed E-state index contributed by atoms with van der Waals surface area (Å²) in [6, 6.07) is 12.2. The van der Waals surface area contributed by atoms with Gasteiger partial charge < -0.3 is 15.0 Å². The van der Waals surface area contributed by atoms with E-state index in [1.54, 1.807) is 0 Å². The van der Waals surface area contributed by atoms with Crippen molar-refractivity contribution in [3.63, 3.8) is 0 Å². The molecule has 0 bridgehead atoms. The first kappa shape index (κ1) is 14.1. The minimum atomic E-state index is 0.683. The first-order valence-electron chi connectivity index (χ1n) is 8.00. The quantitative estimate of drug-likeness (QED) is 0.889. The van der Waals surface area contributed by atoms with Crippen molar-refractivity contribution in [2.24, 2.45) is 0 Å². The van der Waals surface area contributed by atoms with Crippen LogP contribution in [0.25, 0.3) is 0 Å². The standard InChI is InChI=1S/C17H26N2O/c1-2-4-15(5-3-1)6-10-19-11-7-17(14-19)18-16-8-12-20-13-9-16/h1-5,16-18H,6-14H2. The Balaban J connectivity index is 1.38. The molecule has 1 unspecified atom stereocenters. The Morgan fingerprint density at radius 3 is 2.65 bits per heavy atom. The van der Waals surface area contributed by atoms with E-state index in [-0.39, 0.29) is 0 Å². The van der Waals surface area contributed by atoms with Crippen LogP contribution < -0.4 is 5.32 Å². The third-order valence-electron chi connectivity index (χ3n) is 4.52. The Morgan fingerprint density at radius 2 is 1.85 bits per heavy atom. The molecule has 3 nitrogen and oxygen atoms in total. The van der Waals surface area contributed by atoms with Gasteiger partial charge in [0.25, 0.3) is 0 Å². The predicted octanol–water partition coefficient (Wildman–Crippen LogP) is 2.07. The number of nitrogens with zero attached hydrogens (tertiary/aromatic N) is 1. The van der Waals surface area contributed by atoms with E-state index in [0.717, 1.165) is 13.2 Å². The summed E-state index contributed by atoms with van der Waals surface area (Å²) in [5.41, 5.74) is 1.45. The van der Waals surface area contributed by atoms with Gasteiger partial charge in [-0.2, -0.15) is 0 Å². The Hall–Kier alpha value is -0.900. The van der Waals surface area contributed by atoms with E-state index in [0.29, 0.717) is 12.1 Å². The summed E-state index contributed by atoms with van der Waals surface area (Å²) in [5.74, 6) is 0. The third-order valence-corrected chi connectivity index (χ3v) is 4.52. The normalized spacial score (nSPS) is 25.1. The molecule has 1 atom stereocenters. The summed E-state index contributed by atoms with van der Waals surface area (Å²) in [6.45, 7) is 5.51. The molecule has 1 N–H and O–H groups in total. The van der Waals surface area contributed by atoms with Crippen LogP contribution >= 0.6 is 0 Å². The van der Waals surface area contributed by atoms with Crippen LogP contribution in [-0.2, 0) is 11.2 Å². The summed E-state index contributed by atoms with van der Waals surface area (Å²) in [4.78, 5) is 2.60. The highest BCUT2D eigenvalue weighted by Gasteiger charge is 2.25. The van der Waals surface area contributed by atoms with Crippen LogP contribution in [-0.4, -0.2) is 49.8 Å². The van der Waals surface area contributed by atoms with Crippen molar-refractivity contribution in [2.45, 2.75) is 37.8 Å². The van der Waals surface area contributed by atoms with Crippen LogP contribution in [0.3, 0.4) is 0 Å². The van der Waals surface area contributed by atoms with Crippen molar-refractivity contribution in [3.05, 3.63) is 35.9 Å². The topological polar surface area (TPSA) is 24.5 Å².